The molecule has 0 atom stereocenters. The molecule has 2 aromatic heterocycles. The fourth-order valence-electron chi connectivity index (χ4n) is 4.67. The maximum atomic E-state index is 13.3. The normalized spacial score (nSPS) is 14.8. The average Bonchev–Trinajstić information content (AvgIpc) is 3.16. The van der Waals surface area contributed by atoms with Crippen LogP contribution in [-0.4, -0.2) is 46.2 Å². The van der Waals surface area contributed by atoms with Crippen LogP contribution in [0.2, 0.25) is 0 Å². The lowest BCUT2D eigenvalue weighted by Crippen LogP contribution is -2.31. The van der Waals surface area contributed by atoms with Gasteiger partial charge in [0.1, 0.15) is 0 Å². The summed E-state index contributed by atoms with van der Waals surface area (Å²) in [5, 5.41) is 11.4. The minimum absolute atomic E-state index is 0.0261. The number of piperidine rings is 1. The summed E-state index contributed by atoms with van der Waals surface area (Å²) in [5.41, 5.74) is -3.53. The van der Waals surface area contributed by atoms with Crippen molar-refractivity contribution in [2.75, 3.05) is 18.0 Å². The first kappa shape index (κ1) is 24.9. The van der Waals surface area contributed by atoms with Crippen LogP contribution >= 0.6 is 0 Å². The van der Waals surface area contributed by atoms with Gasteiger partial charge in [-0.25, -0.2) is 17.8 Å². The number of hydrogen-bond donors (Lipinski definition) is 1. The Kier molecular flexibility index (Phi) is 6.22. The Morgan fingerprint density at radius 3 is 2.32 bits per heavy atom. The third-order valence-corrected chi connectivity index (χ3v) is 8.04. The van der Waals surface area contributed by atoms with Crippen molar-refractivity contribution >= 4 is 26.4 Å². The van der Waals surface area contributed by atoms with Crippen LogP contribution in [0, 0.1) is 0 Å². The van der Waals surface area contributed by atoms with Crippen LogP contribution in [-0.2, 0) is 16.4 Å². The number of para-hydroxylation sites is 1. The molecule has 0 bridgehead atoms. The fraction of sp³-hybridized carbons (Fsp3) is 0.280. The molecule has 3 heterocycles. The smallest absolute Gasteiger partial charge is 0.493 e. The molecule has 1 fully saturated rings. The molecule has 8 nitrogen and oxygen atoms in total. The highest BCUT2D eigenvalue weighted by atomic mass is 32.2. The van der Waals surface area contributed by atoms with E-state index in [0.29, 0.717) is 0 Å². The van der Waals surface area contributed by atoms with Crippen molar-refractivity contribution in [3.05, 3.63) is 77.0 Å². The molecule has 37 heavy (non-hydrogen) atoms. The Morgan fingerprint density at radius 2 is 1.65 bits per heavy atom. The first-order valence-corrected chi connectivity index (χ1v) is 13.1. The van der Waals surface area contributed by atoms with Gasteiger partial charge in [-0.05, 0) is 49.6 Å². The number of pyridine rings is 1. The van der Waals surface area contributed by atoms with Crippen molar-refractivity contribution in [3.63, 3.8) is 0 Å². The summed E-state index contributed by atoms with van der Waals surface area (Å²) in [5.74, 6) is -0.436. The van der Waals surface area contributed by atoms with E-state index in [2.05, 4.69) is 9.88 Å². The molecule has 1 N–H and O–H groups in total. The van der Waals surface area contributed by atoms with Gasteiger partial charge in [-0.2, -0.15) is 13.2 Å². The second-order valence-electron chi connectivity index (χ2n) is 8.86. The third kappa shape index (κ3) is 4.45. The van der Waals surface area contributed by atoms with E-state index in [4.69, 9.17) is 0 Å². The molecule has 4 aromatic rings. The average molecular weight is 533 g/mol. The first-order valence-electron chi connectivity index (χ1n) is 11.6. The lowest BCUT2D eigenvalue weighted by Gasteiger charge is -2.30. The van der Waals surface area contributed by atoms with Crippen LogP contribution in [0.3, 0.4) is 0 Å². The van der Waals surface area contributed by atoms with Crippen molar-refractivity contribution in [3.8, 4) is 11.6 Å². The Bertz CT molecular complexity index is 1620. The molecule has 1 saturated heterocycles. The van der Waals surface area contributed by atoms with E-state index in [-0.39, 0.29) is 12.2 Å². The van der Waals surface area contributed by atoms with Gasteiger partial charge in [-0.15, -0.1) is 0 Å². The van der Waals surface area contributed by atoms with Crippen LogP contribution in [0.1, 0.15) is 24.8 Å². The molecule has 5 rings (SSSR count). The zero-order valence-corrected chi connectivity index (χ0v) is 20.3. The van der Waals surface area contributed by atoms with Crippen LogP contribution in [0.15, 0.2) is 70.6 Å². The Balaban J connectivity index is 1.55. The number of hydrogen-bond acceptors (Lipinski definition) is 6. The largest absolute Gasteiger partial charge is 0.501 e. The van der Waals surface area contributed by atoms with Gasteiger partial charge in [0, 0.05) is 24.0 Å². The molecular weight excluding hydrogens is 509 g/mol. The van der Waals surface area contributed by atoms with Crippen molar-refractivity contribution < 1.29 is 26.7 Å². The highest BCUT2D eigenvalue weighted by Crippen LogP contribution is 2.32. The van der Waals surface area contributed by atoms with Gasteiger partial charge in [0.05, 0.1) is 40.7 Å². The number of benzene rings is 2. The van der Waals surface area contributed by atoms with Gasteiger partial charge in [-0.3, -0.25) is 9.55 Å². The molecule has 2 aromatic carbocycles. The molecule has 0 radical (unpaired) electrons. The second-order valence-corrected chi connectivity index (χ2v) is 10.8. The van der Waals surface area contributed by atoms with E-state index >= 15 is 0 Å². The topological polar surface area (TPSA) is 97.4 Å². The minimum Gasteiger partial charge on any atom is -0.493 e. The van der Waals surface area contributed by atoms with Crippen LogP contribution in [0.5, 0.6) is 5.88 Å². The van der Waals surface area contributed by atoms with E-state index in [9.17, 15) is 31.5 Å². The monoisotopic (exact) mass is 532 g/mol. The number of imidazole rings is 1. The number of anilines is 1. The quantitative estimate of drug-likeness (QED) is 0.413. The van der Waals surface area contributed by atoms with Crippen molar-refractivity contribution in [1.82, 2.24) is 14.1 Å². The summed E-state index contributed by atoms with van der Waals surface area (Å²) in [6.45, 7) is 1.84. The zero-order chi connectivity index (χ0) is 26.4. The van der Waals surface area contributed by atoms with E-state index < -0.39 is 31.8 Å². The van der Waals surface area contributed by atoms with Gasteiger partial charge in [0.15, 0.2) is 0 Å². The van der Waals surface area contributed by atoms with Crippen molar-refractivity contribution in [2.45, 2.75) is 36.2 Å². The molecular formula is C25H23F3N4O4S. The highest BCUT2D eigenvalue weighted by molar-refractivity contribution is 7.92. The number of nitrogens with zero attached hydrogens (tertiary/aromatic N) is 4. The SMILES string of the molecule is O=c1n(Cc2c(N3CCCCC3)cnc3ccccc23)cc(O)n1-c1ccc(S(=O)(=O)C(F)(F)F)cc1. The van der Waals surface area contributed by atoms with Gasteiger partial charge in [-0.1, -0.05) is 18.2 Å². The molecule has 0 unspecified atom stereocenters. The van der Waals surface area contributed by atoms with E-state index in [0.717, 1.165) is 83.3 Å². The van der Waals surface area contributed by atoms with Gasteiger partial charge in [0.25, 0.3) is 9.84 Å². The van der Waals surface area contributed by atoms with Gasteiger partial charge < -0.3 is 10.0 Å². The second kappa shape index (κ2) is 9.25. The minimum atomic E-state index is -5.53. The summed E-state index contributed by atoms with van der Waals surface area (Å²) in [4.78, 5) is 19.2. The Morgan fingerprint density at radius 1 is 0.973 bits per heavy atom. The predicted molar refractivity (Wildman–Crippen MR) is 132 cm³/mol. The number of aromatic nitrogens is 3. The zero-order valence-electron chi connectivity index (χ0n) is 19.5. The van der Waals surface area contributed by atoms with Crippen molar-refractivity contribution in [1.29, 1.82) is 0 Å². The molecule has 0 spiro atoms. The highest BCUT2D eigenvalue weighted by Gasteiger charge is 2.46. The number of aromatic hydroxyl groups is 1. The molecule has 0 saturated carbocycles. The Hall–Kier alpha value is -3.80. The standard InChI is InChI=1S/C25H23F3N4O4S/c26-25(27,28)37(35,36)18-10-8-17(9-11-18)32-23(33)16-31(24(32)34)15-20-19-6-2-3-7-21(19)29-14-22(20)30-12-4-1-5-13-30/h2-3,6-11,14,16,33H,1,4-5,12-13,15H2. The first-order chi connectivity index (χ1) is 17.6. The number of fused-ring (bicyclic) bond motifs is 1. The molecule has 0 aliphatic carbocycles. The number of alkyl halides is 3. The molecule has 1 aliphatic heterocycles. The van der Waals surface area contributed by atoms with Gasteiger partial charge >= 0.3 is 11.2 Å². The van der Waals surface area contributed by atoms with Gasteiger partial charge in [0.2, 0.25) is 5.88 Å². The molecule has 12 heteroatoms. The maximum absolute atomic E-state index is 13.3. The number of sulfone groups is 1. The molecule has 0 amide bonds. The third-order valence-electron chi connectivity index (χ3n) is 6.54. The lowest BCUT2D eigenvalue weighted by molar-refractivity contribution is -0.0436. The van der Waals surface area contributed by atoms with E-state index in [1.54, 1.807) is 6.20 Å². The summed E-state index contributed by atoms with van der Waals surface area (Å²) < 4.78 is 64.1. The summed E-state index contributed by atoms with van der Waals surface area (Å²) in [7, 11) is -5.53. The summed E-state index contributed by atoms with van der Waals surface area (Å²) in [6, 6.07) is 11.2. The van der Waals surface area contributed by atoms with Crippen LogP contribution < -0.4 is 10.6 Å². The van der Waals surface area contributed by atoms with Crippen LogP contribution in [0.4, 0.5) is 18.9 Å². The molecule has 194 valence electrons. The maximum Gasteiger partial charge on any atom is 0.501 e. The lowest BCUT2D eigenvalue weighted by atomic mass is 10.0. The molecule has 1 aliphatic rings. The summed E-state index contributed by atoms with van der Waals surface area (Å²) >= 11 is 0. The van der Waals surface area contributed by atoms with Crippen LogP contribution in [0.25, 0.3) is 16.6 Å². The predicted octanol–water partition coefficient (Wildman–Crippen LogP) is 4.22. The van der Waals surface area contributed by atoms with Crippen molar-refractivity contribution in [2.24, 2.45) is 0 Å². The Labute approximate surface area is 210 Å². The van der Waals surface area contributed by atoms with E-state index in [1.165, 1.54) is 10.8 Å². The van der Waals surface area contributed by atoms with E-state index in [1.807, 2.05) is 24.3 Å². The number of halogens is 3. The fourth-order valence-corrected chi connectivity index (χ4v) is 5.44. The summed E-state index contributed by atoms with van der Waals surface area (Å²) in [6.07, 6.45) is 6.28. The number of rotatable bonds is 5.